The van der Waals surface area contributed by atoms with Crippen molar-refractivity contribution in [1.29, 1.82) is 0 Å². The SMILES string of the molecule is Cc1nn(Cc2ccc(C(=O)NC(C)C)cc2)c(C)c1[N+](=O)[O-]. The van der Waals surface area contributed by atoms with Crippen molar-refractivity contribution in [3.05, 3.63) is 56.9 Å². The van der Waals surface area contributed by atoms with Crippen LogP contribution in [0.1, 0.15) is 41.2 Å². The van der Waals surface area contributed by atoms with Crippen molar-refractivity contribution in [3.63, 3.8) is 0 Å². The van der Waals surface area contributed by atoms with Crippen LogP contribution < -0.4 is 5.32 Å². The summed E-state index contributed by atoms with van der Waals surface area (Å²) < 4.78 is 1.61. The molecular formula is C16H20N4O3. The second-order valence-corrected chi connectivity index (χ2v) is 5.76. The third kappa shape index (κ3) is 3.74. The van der Waals surface area contributed by atoms with Crippen molar-refractivity contribution in [2.75, 3.05) is 0 Å². The van der Waals surface area contributed by atoms with Gasteiger partial charge in [-0.2, -0.15) is 5.10 Å². The van der Waals surface area contributed by atoms with Crippen molar-refractivity contribution < 1.29 is 9.72 Å². The van der Waals surface area contributed by atoms with E-state index >= 15 is 0 Å². The third-order valence-corrected chi connectivity index (χ3v) is 3.49. The molecule has 0 aliphatic carbocycles. The predicted octanol–water partition coefficient (Wildman–Crippen LogP) is 2.59. The van der Waals surface area contributed by atoms with Crippen LogP contribution in [0.4, 0.5) is 5.69 Å². The maximum absolute atomic E-state index is 11.9. The van der Waals surface area contributed by atoms with Gasteiger partial charge in [0.05, 0.1) is 11.5 Å². The standard InChI is InChI=1S/C16H20N4O3/c1-10(2)17-16(21)14-7-5-13(6-8-14)9-19-12(4)15(20(22)23)11(3)18-19/h5-8,10H,9H2,1-4H3,(H,17,21). The lowest BCUT2D eigenvalue weighted by molar-refractivity contribution is -0.386. The number of nitrogens with zero attached hydrogens (tertiary/aromatic N) is 3. The highest BCUT2D eigenvalue weighted by Gasteiger charge is 2.21. The van der Waals surface area contributed by atoms with Crippen molar-refractivity contribution in [3.8, 4) is 0 Å². The highest BCUT2D eigenvalue weighted by atomic mass is 16.6. The van der Waals surface area contributed by atoms with Gasteiger partial charge in [0.15, 0.2) is 0 Å². The molecule has 0 bridgehead atoms. The van der Waals surface area contributed by atoms with E-state index in [1.54, 1.807) is 30.7 Å². The molecule has 0 unspecified atom stereocenters. The van der Waals surface area contributed by atoms with Gasteiger partial charge in [0.2, 0.25) is 0 Å². The van der Waals surface area contributed by atoms with Crippen molar-refractivity contribution in [2.45, 2.75) is 40.3 Å². The average Bonchev–Trinajstić information content (AvgIpc) is 2.73. The second-order valence-electron chi connectivity index (χ2n) is 5.76. The van der Waals surface area contributed by atoms with Crippen LogP contribution in [0, 0.1) is 24.0 Å². The molecule has 0 atom stereocenters. The Balaban J connectivity index is 2.17. The normalized spacial score (nSPS) is 10.8. The molecule has 0 fully saturated rings. The summed E-state index contributed by atoms with van der Waals surface area (Å²) in [5.74, 6) is -0.117. The number of nitro groups is 1. The van der Waals surface area contributed by atoms with Gasteiger partial charge in [-0.15, -0.1) is 0 Å². The van der Waals surface area contributed by atoms with Gasteiger partial charge in [-0.3, -0.25) is 19.6 Å². The summed E-state index contributed by atoms with van der Waals surface area (Å²) in [6.07, 6.45) is 0. The molecule has 0 aliphatic heterocycles. The van der Waals surface area contributed by atoms with Gasteiger partial charge in [-0.25, -0.2) is 0 Å². The number of rotatable bonds is 5. The molecule has 1 heterocycles. The molecule has 1 aromatic heterocycles. The topological polar surface area (TPSA) is 90.1 Å². The minimum absolute atomic E-state index is 0.0536. The highest BCUT2D eigenvalue weighted by molar-refractivity contribution is 5.94. The van der Waals surface area contributed by atoms with E-state index in [1.807, 2.05) is 26.0 Å². The first-order valence-electron chi connectivity index (χ1n) is 7.37. The largest absolute Gasteiger partial charge is 0.350 e. The van der Waals surface area contributed by atoms with Crippen LogP contribution in [0.5, 0.6) is 0 Å². The van der Waals surface area contributed by atoms with Crippen LogP contribution >= 0.6 is 0 Å². The first-order valence-corrected chi connectivity index (χ1v) is 7.37. The Morgan fingerprint density at radius 2 is 1.91 bits per heavy atom. The minimum atomic E-state index is -0.409. The molecule has 0 saturated carbocycles. The number of carbonyl (C=O) groups excluding carboxylic acids is 1. The molecule has 1 amide bonds. The van der Waals surface area contributed by atoms with Crippen LogP contribution in [0.2, 0.25) is 0 Å². The fourth-order valence-electron chi connectivity index (χ4n) is 2.39. The number of hydrogen-bond donors (Lipinski definition) is 1. The smallest absolute Gasteiger partial charge is 0.312 e. The molecule has 0 radical (unpaired) electrons. The number of aromatic nitrogens is 2. The summed E-state index contributed by atoms with van der Waals surface area (Å²) in [7, 11) is 0. The number of benzene rings is 1. The Labute approximate surface area is 134 Å². The van der Waals surface area contributed by atoms with Crippen LogP contribution in [-0.4, -0.2) is 26.7 Å². The van der Waals surface area contributed by atoms with E-state index in [9.17, 15) is 14.9 Å². The Bertz CT molecular complexity index is 733. The molecule has 2 rings (SSSR count). The molecule has 122 valence electrons. The van der Waals surface area contributed by atoms with E-state index in [4.69, 9.17) is 0 Å². The second kappa shape index (κ2) is 6.60. The van der Waals surface area contributed by atoms with Crippen molar-refractivity contribution >= 4 is 11.6 Å². The van der Waals surface area contributed by atoms with Crippen LogP contribution in [0.25, 0.3) is 0 Å². The molecule has 2 aromatic rings. The number of nitrogens with one attached hydrogen (secondary N) is 1. The van der Waals surface area contributed by atoms with E-state index < -0.39 is 4.92 Å². The molecule has 23 heavy (non-hydrogen) atoms. The Kier molecular flexibility index (Phi) is 4.78. The molecular weight excluding hydrogens is 296 g/mol. The van der Waals surface area contributed by atoms with Gasteiger partial charge in [0.1, 0.15) is 11.4 Å². The summed E-state index contributed by atoms with van der Waals surface area (Å²) in [6.45, 7) is 7.54. The zero-order valence-corrected chi connectivity index (χ0v) is 13.7. The Morgan fingerprint density at radius 1 is 1.30 bits per heavy atom. The fourth-order valence-corrected chi connectivity index (χ4v) is 2.39. The van der Waals surface area contributed by atoms with Crippen LogP contribution in [0.15, 0.2) is 24.3 Å². The van der Waals surface area contributed by atoms with Gasteiger partial charge >= 0.3 is 5.69 Å². The quantitative estimate of drug-likeness (QED) is 0.678. The van der Waals surface area contributed by atoms with Gasteiger partial charge < -0.3 is 5.32 Å². The number of carbonyl (C=O) groups is 1. The monoisotopic (exact) mass is 316 g/mol. The summed E-state index contributed by atoms with van der Waals surface area (Å²) in [5, 5.41) is 18.1. The Morgan fingerprint density at radius 3 is 2.39 bits per heavy atom. The molecule has 1 aromatic carbocycles. The lowest BCUT2D eigenvalue weighted by atomic mass is 10.1. The zero-order chi connectivity index (χ0) is 17.1. The van der Waals surface area contributed by atoms with Crippen molar-refractivity contribution in [2.24, 2.45) is 0 Å². The molecule has 0 aliphatic rings. The molecule has 7 heteroatoms. The summed E-state index contributed by atoms with van der Waals surface area (Å²) in [4.78, 5) is 22.5. The van der Waals surface area contributed by atoms with E-state index in [2.05, 4.69) is 10.4 Å². The number of aryl methyl sites for hydroxylation is 1. The molecule has 7 nitrogen and oxygen atoms in total. The molecule has 1 N–H and O–H groups in total. The number of amides is 1. The maximum Gasteiger partial charge on any atom is 0.312 e. The van der Waals surface area contributed by atoms with Gasteiger partial charge in [-0.05, 0) is 45.4 Å². The van der Waals surface area contributed by atoms with Crippen LogP contribution in [-0.2, 0) is 6.54 Å². The third-order valence-electron chi connectivity index (χ3n) is 3.49. The fraction of sp³-hybridized carbons (Fsp3) is 0.375. The molecule has 0 spiro atoms. The highest BCUT2D eigenvalue weighted by Crippen LogP contribution is 2.22. The van der Waals surface area contributed by atoms with Crippen LogP contribution in [0.3, 0.4) is 0 Å². The first kappa shape index (κ1) is 16.7. The van der Waals surface area contributed by atoms with E-state index in [-0.39, 0.29) is 17.6 Å². The predicted molar refractivity (Wildman–Crippen MR) is 86.5 cm³/mol. The van der Waals surface area contributed by atoms with Gasteiger partial charge in [0.25, 0.3) is 5.91 Å². The summed E-state index contributed by atoms with van der Waals surface area (Å²) >= 11 is 0. The van der Waals surface area contributed by atoms with Gasteiger partial charge in [0, 0.05) is 11.6 Å². The minimum Gasteiger partial charge on any atom is -0.350 e. The Hall–Kier alpha value is -2.70. The van der Waals surface area contributed by atoms with E-state index in [0.717, 1.165) is 5.56 Å². The first-order chi connectivity index (χ1) is 10.8. The van der Waals surface area contributed by atoms with Crippen molar-refractivity contribution in [1.82, 2.24) is 15.1 Å². The van der Waals surface area contributed by atoms with E-state index in [0.29, 0.717) is 23.5 Å². The zero-order valence-electron chi connectivity index (χ0n) is 13.7. The lowest BCUT2D eigenvalue weighted by Gasteiger charge is -2.09. The van der Waals surface area contributed by atoms with E-state index in [1.165, 1.54) is 0 Å². The summed E-state index contributed by atoms with van der Waals surface area (Å²) in [6, 6.07) is 7.23. The van der Waals surface area contributed by atoms with Gasteiger partial charge in [-0.1, -0.05) is 12.1 Å². The number of hydrogen-bond acceptors (Lipinski definition) is 4. The summed E-state index contributed by atoms with van der Waals surface area (Å²) in [5.41, 5.74) is 2.49. The lowest BCUT2D eigenvalue weighted by Crippen LogP contribution is -2.30. The maximum atomic E-state index is 11.9. The molecule has 0 saturated heterocycles. The average molecular weight is 316 g/mol.